The Labute approximate surface area is 137 Å². The Morgan fingerprint density at radius 2 is 2.22 bits per heavy atom. The first-order chi connectivity index (χ1) is 10.9. The molecule has 1 aliphatic carbocycles. The van der Waals surface area contributed by atoms with Crippen LogP contribution in [0.1, 0.15) is 40.7 Å². The number of Topliss-reactive ketones (excluding diaryl/α,β-unsaturated/α-hetero) is 1. The Morgan fingerprint density at radius 3 is 2.83 bits per heavy atom. The van der Waals surface area contributed by atoms with Crippen LogP contribution in [0.15, 0.2) is 43.1 Å². The highest BCUT2D eigenvalue weighted by atomic mass is 16.2. The Kier molecular flexibility index (Phi) is 5.37. The van der Waals surface area contributed by atoms with Crippen LogP contribution in [0, 0.1) is 6.92 Å². The minimum absolute atomic E-state index is 0.0848. The van der Waals surface area contributed by atoms with Crippen LogP contribution in [-0.2, 0) is 11.3 Å². The van der Waals surface area contributed by atoms with Crippen LogP contribution in [0.5, 0.6) is 0 Å². The summed E-state index contributed by atoms with van der Waals surface area (Å²) in [5.74, 6) is -0.0156. The van der Waals surface area contributed by atoms with Gasteiger partial charge in [-0.1, -0.05) is 30.9 Å². The van der Waals surface area contributed by atoms with Crippen molar-refractivity contribution in [3.63, 3.8) is 0 Å². The molecule has 2 rings (SSSR count). The molecule has 1 unspecified atom stereocenters. The second kappa shape index (κ2) is 7.27. The van der Waals surface area contributed by atoms with Crippen molar-refractivity contribution in [1.82, 2.24) is 10.2 Å². The fourth-order valence-electron chi connectivity index (χ4n) is 2.96. The molecule has 1 aromatic carbocycles. The van der Waals surface area contributed by atoms with Gasteiger partial charge in [-0.15, -0.1) is 0 Å². The first-order valence-corrected chi connectivity index (χ1v) is 7.84. The molecule has 1 N–H and O–H groups in total. The third-order valence-corrected chi connectivity index (χ3v) is 4.33. The number of allylic oxidation sites excluding steroid dienone is 1. The lowest BCUT2D eigenvalue weighted by Crippen LogP contribution is -2.44. The standard InChI is InChI=1S/C19H24N2O2/c1-5-20-12-15-7-8-16(14(3)11-15)19(23)21(4)17-9-6-13(2)10-18(17)22/h5,7-8,11,17,20H,1-2,6,9-10,12H2,3-4H3. The number of nitrogens with one attached hydrogen (secondary N) is 1. The van der Waals surface area contributed by atoms with Gasteiger partial charge in [0, 0.05) is 25.6 Å². The summed E-state index contributed by atoms with van der Waals surface area (Å²) in [7, 11) is 1.71. The van der Waals surface area contributed by atoms with E-state index in [9.17, 15) is 9.59 Å². The molecule has 1 saturated carbocycles. The average Bonchev–Trinajstić information content (AvgIpc) is 2.52. The SMILES string of the molecule is C=CNCc1ccc(C(=O)N(C)C2CCC(=C)CC2=O)c(C)c1. The number of hydrogen-bond donors (Lipinski definition) is 1. The van der Waals surface area contributed by atoms with Crippen LogP contribution < -0.4 is 5.32 Å². The maximum absolute atomic E-state index is 12.7. The molecule has 0 heterocycles. The largest absolute Gasteiger partial charge is 0.387 e. The molecule has 0 radical (unpaired) electrons. The van der Waals surface area contributed by atoms with Crippen LogP contribution in [-0.4, -0.2) is 29.7 Å². The van der Waals surface area contributed by atoms with Gasteiger partial charge < -0.3 is 10.2 Å². The monoisotopic (exact) mass is 312 g/mol. The van der Waals surface area contributed by atoms with Crippen molar-refractivity contribution >= 4 is 11.7 Å². The van der Waals surface area contributed by atoms with E-state index in [1.807, 2.05) is 25.1 Å². The molecule has 1 aliphatic rings. The van der Waals surface area contributed by atoms with Crippen molar-refractivity contribution in [3.8, 4) is 0 Å². The van der Waals surface area contributed by atoms with Gasteiger partial charge in [-0.3, -0.25) is 9.59 Å². The lowest BCUT2D eigenvalue weighted by atomic mass is 9.89. The molecule has 122 valence electrons. The minimum atomic E-state index is -0.338. The Morgan fingerprint density at radius 1 is 1.48 bits per heavy atom. The fraction of sp³-hybridized carbons (Fsp3) is 0.368. The predicted octanol–water partition coefficient (Wildman–Crippen LogP) is 2.98. The molecule has 4 heteroatoms. The van der Waals surface area contributed by atoms with Crippen molar-refractivity contribution in [2.24, 2.45) is 0 Å². The summed E-state index contributed by atoms with van der Waals surface area (Å²) in [6.07, 6.45) is 3.50. The number of aryl methyl sites for hydroxylation is 1. The maximum Gasteiger partial charge on any atom is 0.254 e. The zero-order valence-corrected chi connectivity index (χ0v) is 13.9. The predicted molar refractivity (Wildman–Crippen MR) is 92.1 cm³/mol. The van der Waals surface area contributed by atoms with Crippen molar-refractivity contribution in [3.05, 3.63) is 59.8 Å². The van der Waals surface area contributed by atoms with Gasteiger partial charge >= 0.3 is 0 Å². The molecule has 0 aromatic heterocycles. The lowest BCUT2D eigenvalue weighted by Gasteiger charge is -2.31. The number of benzene rings is 1. The summed E-state index contributed by atoms with van der Waals surface area (Å²) in [5, 5.41) is 3.04. The number of hydrogen-bond acceptors (Lipinski definition) is 3. The fourth-order valence-corrected chi connectivity index (χ4v) is 2.96. The highest BCUT2D eigenvalue weighted by Gasteiger charge is 2.31. The molecule has 1 fully saturated rings. The van der Waals surface area contributed by atoms with E-state index in [0.29, 0.717) is 24.9 Å². The Bertz CT molecular complexity index is 649. The Balaban J connectivity index is 2.14. The number of rotatable bonds is 5. The van der Waals surface area contributed by atoms with Gasteiger partial charge in [-0.2, -0.15) is 0 Å². The normalized spacial score (nSPS) is 17.7. The summed E-state index contributed by atoms with van der Waals surface area (Å²) in [6.45, 7) is 10.1. The third kappa shape index (κ3) is 3.89. The highest BCUT2D eigenvalue weighted by molar-refractivity contribution is 5.99. The first-order valence-electron chi connectivity index (χ1n) is 7.84. The van der Waals surface area contributed by atoms with Gasteiger partial charge in [0.15, 0.2) is 5.78 Å². The van der Waals surface area contributed by atoms with Crippen LogP contribution in [0.4, 0.5) is 0 Å². The van der Waals surface area contributed by atoms with Crippen LogP contribution in [0.3, 0.4) is 0 Å². The van der Waals surface area contributed by atoms with E-state index in [-0.39, 0.29) is 17.7 Å². The molecule has 0 bridgehead atoms. The molecular weight excluding hydrogens is 288 g/mol. The van der Waals surface area contributed by atoms with E-state index >= 15 is 0 Å². The molecule has 1 amide bonds. The zero-order chi connectivity index (χ0) is 17.0. The van der Waals surface area contributed by atoms with Crippen molar-refractivity contribution < 1.29 is 9.59 Å². The molecule has 0 aliphatic heterocycles. The number of likely N-dealkylation sites (N-methyl/N-ethyl adjacent to an activating group) is 1. The lowest BCUT2D eigenvalue weighted by molar-refractivity contribution is -0.123. The molecular formula is C19H24N2O2. The van der Waals surface area contributed by atoms with E-state index in [4.69, 9.17) is 0 Å². The number of carbonyl (C=O) groups excluding carboxylic acids is 2. The van der Waals surface area contributed by atoms with E-state index in [1.165, 1.54) is 0 Å². The van der Waals surface area contributed by atoms with Crippen molar-refractivity contribution in [1.29, 1.82) is 0 Å². The van der Waals surface area contributed by atoms with Crippen LogP contribution >= 0.6 is 0 Å². The van der Waals surface area contributed by atoms with Gasteiger partial charge in [-0.25, -0.2) is 0 Å². The third-order valence-electron chi connectivity index (χ3n) is 4.33. The van der Waals surface area contributed by atoms with Gasteiger partial charge in [0.05, 0.1) is 6.04 Å². The number of amides is 1. The molecule has 4 nitrogen and oxygen atoms in total. The van der Waals surface area contributed by atoms with Gasteiger partial charge in [0.1, 0.15) is 0 Å². The van der Waals surface area contributed by atoms with Crippen LogP contribution in [0.2, 0.25) is 0 Å². The molecule has 0 saturated heterocycles. The summed E-state index contributed by atoms with van der Waals surface area (Å²) < 4.78 is 0. The van der Waals surface area contributed by atoms with Gasteiger partial charge in [0.25, 0.3) is 5.91 Å². The van der Waals surface area contributed by atoms with Crippen molar-refractivity contribution in [2.75, 3.05) is 7.05 Å². The molecule has 1 aromatic rings. The summed E-state index contributed by atoms with van der Waals surface area (Å²) >= 11 is 0. The van der Waals surface area contributed by atoms with E-state index in [0.717, 1.165) is 23.1 Å². The van der Waals surface area contributed by atoms with E-state index in [2.05, 4.69) is 18.5 Å². The Hall–Kier alpha value is -2.36. The quantitative estimate of drug-likeness (QED) is 0.850. The smallest absolute Gasteiger partial charge is 0.254 e. The van der Waals surface area contributed by atoms with E-state index < -0.39 is 0 Å². The molecule has 1 atom stereocenters. The average molecular weight is 312 g/mol. The maximum atomic E-state index is 12.7. The highest BCUT2D eigenvalue weighted by Crippen LogP contribution is 2.24. The van der Waals surface area contributed by atoms with Crippen molar-refractivity contribution in [2.45, 2.75) is 38.8 Å². The number of carbonyl (C=O) groups is 2. The first kappa shape index (κ1) is 17.0. The van der Waals surface area contributed by atoms with Gasteiger partial charge in [-0.05, 0) is 43.2 Å². The second-order valence-corrected chi connectivity index (χ2v) is 6.10. The van der Waals surface area contributed by atoms with Crippen LogP contribution in [0.25, 0.3) is 0 Å². The summed E-state index contributed by atoms with van der Waals surface area (Å²) in [5.41, 5.74) is 3.61. The molecule has 0 spiro atoms. The molecule has 23 heavy (non-hydrogen) atoms. The number of ketones is 1. The summed E-state index contributed by atoms with van der Waals surface area (Å²) in [4.78, 5) is 26.5. The minimum Gasteiger partial charge on any atom is -0.387 e. The van der Waals surface area contributed by atoms with E-state index in [1.54, 1.807) is 18.1 Å². The number of nitrogens with zero attached hydrogens (tertiary/aromatic N) is 1. The second-order valence-electron chi connectivity index (χ2n) is 6.10. The van der Waals surface area contributed by atoms with Gasteiger partial charge in [0.2, 0.25) is 0 Å². The zero-order valence-electron chi connectivity index (χ0n) is 13.9. The summed E-state index contributed by atoms with van der Waals surface area (Å²) in [6, 6.07) is 5.41. The topological polar surface area (TPSA) is 49.4 Å².